The van der Waals surface area contributed by atoms with Gasteiger partial charge >= 0.3 is 0 Å². The van der Waals surface area contributed by atoms with Gasteiger partial charge in [-0.25, -0.2) is 0 Å². The van der Waals surface area contributed by atoms with E-state index in [-0.39, 0.29) is 0 Å². The molecule has 62 valence electrons. The number of hydrogen-bond acceptors (Lipinski definition) is 1. The van der Waals surface area contributed by atoms with Crippen molar-refractivity contribution in [1.29, 1.82) is 0 Å². The minimum atomic E-state index is 0.318. The Morgan fingerprint density at radius 1 is 1.64 bits per heavy atom. The second-order valence-electron chi connectivity index (χ2n) is 2.95. The normalized spacial score (nSPS) is 13.3. The second kappa shape index (κ2) is 4.19. The summed E-state index contributed by atoms with van der Waals surface area (Å²) in [5, 5.41) is 0. The minimum absolute atomic E-state index is 0.318. The van der Waals surface area contributed by atoms with Crippen LogP contribution < -0.4 is 5.73 Å². The van der Waals surface area contributed by atoms with Gasteiger partial charge in [0.15, 0.2) is 0 Å². The Labute approximate surface area is 67.8 Å². The van der Waals surface area contributed by atoms with Gasteiger partial charge in [-0.1, -0.05) is 13.3 Å². The van der Waals surface area contributed by atoms with Crippen LogP contribution in [-0.2, 0) is 6.42 Å². The first-order valence-corrected chi connectivity index (χ1v) is 4.20. The average Bonchev–Trinajstić information content (AvgIpc) is 2.40. The van der Waals surface area contributed by atoms with Crippen molar-refractivity contribution in [2.75, 3.05) is 0 Å². The van der Waals surface area contributed by atoms with Crippen LogP contribution in [0.4, 0.5) is 0 Å². The van der Waals surface area contributed by atoms with Crippen molar-refractivity contribution in [2.45, 2.75) is 32.2 Å². The maximum absolute atomic E-state index is 5.86. The van der Waals surface area contributed by atoms with Gasteiger partial charge in [-0.05, 0) is 18.6 Å². The lowest BCUT2D eigenvalue weighted by atomic mass is 10.1. The largest absolute Gasteiger partial charge is 0.365 e. The third kappa shape index (κ3) is 2.76. The number of hydrogen-bond donors (Lipinski definition) is 2. The Hall–Kier alpha value is -0.760. The summed E-state index contributed by atoms with van der Waals surface area (Å²) in [6.07, 6.45) is 5.19. The Morgan fingerprint density at radius 3 is 3.00 bits per heavy atom. The van der Waals surface area contributed by atoms with Crippen molar-refractivity contribution in [2.24, 2.45) is 5.73 Å². The molecule has 1 aromatic rings. The Balaban J connectivity index is 2.31. The standard InChI is InChI=1S/C9H16N2/c1-2-4-8(10)7-9-5-3-6-11-9/h3,5-6,8,11H,2,4,7,10H2,1H3. The van der Waals surface area contributed by atoms with E-state index in [1.807, 2.05) is 12.3 Å². The minimum Gasteiger partial charge on any atom is -0.365 e. The molecule has 0 aliphatic carbocycles. The smallest absolute Gasteiger partial charge is 0.0162 e. The maximum Gasteiger partial charge on any atom is 0.0162 e. The van der Waals surface area contributed by atoms with Crippen molar-refractivity contribution in [3.05, 3.63) is 24.0 Å². The van der Waals surface area contributed by atoms with Gasteiger partial charge in [-0.3, -0.25) is 0 Å². The van der Waals surface area contributed by atoms with Crippen LogP contribution in [0.2, 0.25) is 0 Å². The van der Waals surface area contributed by atoms with Gasteiger partial charge in [0, 0.05) is 24.4 Å². The molecule has 0 amide bonds. The summed E-state index contributed by atoms with van der Waals surface area (Å²) < 4.78 is 0. The summed E-state index contributed by atoms with van der Waals surface area (Å²) >= 11 is 0. The van der Waals surface area contributed by atoms with Crippen molar-refractivity contribution in [1.82, 2.24) is 4.98 Å². The molecule has 0 aromatic carbocycles. The van der Waals surface area contributed by atoms with Crippen molar-refractivity contribution >= 4 is 0 Å². The zero-order valence-electron chi connectivity index (χ0n) is 7.01. The monoisotopic (exact) mass is 152 g/mol. The fourth-order valence-corrected chi connectivity index (χ4v) is 1.25. The number of H-pyrrole nitrogens is 1. The van der Waals surface area contributed by atoms with E-state index < -0.39 is 0 Å². The first kappa shape index (κ1) is 8.34. The SMILES string of the molecule is CCCC(N)Cc1ccc[nH]1. The number of rotatable bonds is 4. The summed E-state index contributed by atoms with van der Waals surface area (Å²) in [7, 11) is 0. The van der Waals surface area contributed by atoms with Crippen LogP contribution >= 0.6 is 0 Å². The highest BCUT2D eigenvalue weighted by molar-refractivity contribution is 5.05. The van der Waals surface area contributed by atoms with E-state index in [1.165, 1.54) is 12.1 Å². The fraction of sp³-hybridized carbons (Fsp3) is 0.556. The zero-order valence-corrected chi connectivity index (χ0v) is 7.01. The van der Waals surface area contributed by atoms with Crippen LogP contribution in [0, 0.1) is 0 Å². The lowest BCUT2D eigenvalue weighted by Gasteiger charge is -2.07. The van der Waals surface area contributed by atoms with Gasteiger partial charge in [0.2, 0.25) is 0 Å². The number of aromatic nitrogens is 1. The molecule has 1 aromatic heterocycles. The summed E-state index contributed by atoms with van der Waals surface area (Å²) in [5.74, 6) is 0. The van der Waals surface area contributed by atoms with E-state index >= 15 is 0 Å². The van der Waals surface area contributed by atoms with Crippen molar-refractivity contribution in [3.63, 3.8) is 0 Å². The van der Waals surface area contributed by atoms with Gasteiger partial charge in [-0.2, -0.15) is 0 Å². The molecule has 11 heavy (non-hydrogen) atoms. The second-order valence-corrected chi connectivity index (χ2v) is 2.95. The van der Waals surface area contributed by atoms with Gasteiger partial charge in [0.25, 0.3) is 0 Å². The predicted octanol–water partition coefficient (Wildman–Crippen LogP) is 1.68. The van der Waals surface area contributed by atoms with E-state index in [4.69, 9.17) is 5.73 Å². The van der Waals surface area contributed by atoms with Crippen LogP contribution in [0.15, 0.2) is 18.3 Å². The van der Waals surface area contributed by atoms with Crippen molar-refractivity contribution < 1.29 is 0 Å². The molecular weight excluding hydrogens is 136 g/mol. The summed E-state index contributed by atoms with van der Waals surface area (Å²) in [6.45, 7) is 2.16. The van der Waals surface area contributed by atoms with E-state index in [9.17, 15) is 0 Å². The highest BCUT2D eigenvalue weighted by Gasteiger charge is 2.01. The van der Waals surface area contributed by atoms with E-state index in [2.05, 4.69) is 18.0 Å². The van der Waals surface area contributed by atoms with E-state index in [0.29, 0.717) is 6.04 Å². The summed E-state index contributed by atoms with van der Waals surface area (Å²) in [5.41, 5.74) is 7.10. The lowest BCUT2D eigenvalue weighted by Crippen LogP contribution is -2.22. The Kier molecular flexibility index (Phi) is 3.17. The lowest BCUT2D eigenvalue weighted by molar-refractivity contribution is 0.595. The first-order chi connectivity index (χ1) is 5.33. The molecule has 1 atom stereocenters. The van der Waals surface area contributed by atoms with E-state index in [0.717, 1.165) is 12.8 Å². The third-order valence-corrected chi connectivity index (χ3v) is 1.80. The van der Waals surface area contributed by atoms with Gasteiger partial charge in [-0.15, -0.1) is 0 Å². The number of nitrogens with one attached hydrogen (secondary N) is 1. The molecule has 0 saturated carbocycles. The molecule has 3 N–H and O–H groups in total. The Bertz CT molecular complexity index is 179. The molecule has 0 fully saturated rings. The molecule has 1 heterocycles. The molecule has 2 heteroatoms. The molecule has 1 rings (SSSR count). The number of aromatic amines is 1. The van der Waals surface area contributed by atoms with Crippen LogP contribution in [0.5, 0.6) is 0 Å². The maximum atomic E-state index is 5.86. The summed E-state index contributed by atoms with van der Waals surface area (Å²) in [4.78, 5) is 3.15. The summed E-state index contributed by atoms with van der Waals surface area (Å²) in [6, 6.07) is 4.41. The van der Waals surface area contributed by atoms with E-state index in [1.54, 1.807) is 0 Å². The molecule has 0 bridgehead atoms. The van der Waals surface area contributed by atoms with Crippen LogP contribution in [0.3, 0.4) is 0 Å². The molecule has 0 aliphatic rings. The van der Waals surface area contributed by atoms with Crippen LogP contribution in [0.25, 0.3) is 0 Å². The molecule has 0 spiro atoms. The molecule has 2 nitrogen and oxygen atoms in total. The molecule has 0 aliphatic heterocycles. The Morgan fingerprint density at radius 2 is 2.45 bits per heavy atom. The highest BCUT2D eigenvalue weighted by atomic mass is 14.7. The number of nitrogens with two attached hydrogens (primary N) is 1. The predicted molar refractivity (Wildman–Crippen MR) is 47.4 cm³/mol. The van der Waals surface area contributed by atoms with Crippen molar-refractivity contribution in [3.8, 4) is 0 Å². The average molecular weight is 152 g/mol. The van der Waals surface area contributed by atoms with Gasteiger partial charge < -0.3 is 10.7 Å². The molecule has 0 radical (unpaired) electrons. The first-order valence-electron chi connectivity index (χ1n) is 4.20. The quantitative estimate of drug-likeness (QED) is 0.677. The zero-order chi connectivity index (χ0) is 8.10. The molecule has 1 unspecified atom stereocenters. The van der Waals surface area contributed by atoms with Crippen LogP contribution in [0.1, 0.15) is 25.5 Å². The van der Waals surface area contributed by atoms with Gasteiger partial charge in [0.05, 0.1) is 0 Å². The van der Waals surface area contributed by atoms with Gasteiger partial charge in [0.1, 0.15) is 0 Å². The molecule has 0 saturated heterocycles. The topological polar surface area (TPSA) is 41.8 Å². The fourth-order valence-electron chi connectivity index (χ4n) is 1.25. The third-order valence-electron chi connectivity index (χ3n) is 1.80. The van der Waals surface area contributed by atoms with Crippen LogP contribution in [-0.4, -0.2) is 11.0 Å². The molecular formula is C9H16N2. The highest BCUT2D eigenvalue weighted by Crippen LogP contribution is 2.02.